The van der Waals surface area contributed by atoms with Crippen LogP contribution in [-0.4, -0.2) is 211 Å². The molecule has 0 aromatic heterocycles. The third-order valence-corrected chi connectivity index (χ3v) is 9.25. The standard InChI is InChI=1S/C52H82O18/c1-3-9-49(10-4-1)47-67-41-39-63-33-31-59-25-23-55-17-15-53-19-21-57-27-29-61-35-37-65-43-45-69-51-13-7-8-14-52(51)70-46-44-66-38-36-62-30-28-58-22-20-54-16-18-56-24-26-60-32-34-64-40-42-68-48-50-11-5-2-6-12-50/h1-14H,15-48H2. The van der Waals surface area contributed by atoms with Gasteiger partial charge in [-0.1, -0.05) is 72.8 Å². The van der Waals surface area contributed by atoms with Gasteiger partial charge in [-0.3, -0.25) is 0 Å². The van der Waals surface area contributed by atoms with Crippen molar-refractivity contribution in [3.8, 4) is 11.5 Å². The van der Waals surface area contributed by atoms with E-state index in [0.29, 0.717) is 236 Å². The third-order valence-electron chi connectivity index (χ3n) is 9.25. The first-order chi connectivity index (χ1) is 34.9. The summed E-state index contributed by atoms with van der Waals surface area (Å²) in [5.74, 6) is 1.29. The number of hydrogen-bond donors (Lipinski definition) is 0. The Bertz CT molecular complexity index is 1390. The van der Waals surface area contributed by atoms with Crippen molar-refractivity contribution in [1.29, 1.82) is 0 Å². The molecule has 0 aliphatic carbocycles. The molecule has 398 valence electrons. The van der Waals surface area contributed by atoms with Crippen LogP contribution >= 0.6 is 0 Å². The number of para-hydroxylation sites is 2. The van der Waals surface area contributed by atoms with Crippen LogP contribution in [0.2, 0.25) is 0 Å². The van der Waals surface area contributed by atoms with Crippen LogP contribution in [0.3, 0.4) is 0 Å². The SMILES string of the molecule is c1ccc(COCCOCCOCCOCCOCCOCCOCCOCCOc2ccccc2OCCOCCOCCOCCOCCOCCOCCOCCOCc2ccccc2)cc1. The summed E-state index contributed by atoms with van der Waals surface area (Å²) in [5, 5.41) is 0. The first-order valence-electron chi connectivity index (χ1n) is 24.6. The van der Waals surface area contributed by atoms with Gasteiger partial charge in [0.05, 0.1) is 211 Å². The van der Waals surface area contributed by atoms with Gasteiger partial charge in [-0.2, -0.15) is 0 Å². The smallest absolute Gasteiger partial charge is 0.161 e. The molecule has 0 aliphatic heterocycles. The minimum Gasteiger partial charge on any atom is -0.487 e. The molecular formula is C52H82O18. The lowest BCUT2D eigenvalue weighted by atomic mass is 10.2. The summed E-state index contributed by atoms with van der Waals surface area (Å²) in [6, 6.07) is 27.7. The number of rotatable bonds is 54. The lowest BCUT2D eigenvalue weighted by Crippen LogP contribution is -2.15. The van der Waals surface area contributed by atoms with Crippen molar-refractivity contribution in [3.63, 3.8) is 0 Å². The van der Waals surface area contributed by atoms with E-state index in [2.05, 4.69) is 0 Å². The fraction of sp³-hybridized carbons (Fsp3) is 0.654. The van der Waals surface area contributed by atoms with Crippen LogP contribution in [0.25, 0.3) is 0 Å². The van der Waals surface area contributed by atoms with Crippen LogP contribution in [0.15, 0.2) is 84.9 Å². The average molecular weight is 995 g/mol. The summed E-state index contributed by atoms with van der Waals surface area (Å²) in [6.07, 6.45) is 0. The minimum atomic E-state index is 0.381. The molecule has 0 unspecified atom stereocenters. The molecule has 0 saturated carbocycles. The third kappa shape index (κ3) is 39.3. The molecule has 0 fully saturated rings. The monoisotopic (exact) mass is 995 g/mol. The number of benzene rings is 3. The highest BCUT2D eigenvalue weighted by Crippen LogP contribution is 2.26. The van der Waals surface area contributed by atoms with Crippen molar-refractivity contribution in [2.24, 2.45) is 0 Å². The Labute approximate surface area is 416 Å². The summed E-state index contributed by atoms with van der Waals surface area (Å²) < 4.78 is 101. The minimum absolute atomic E-state index is 0.381. The van der Waals surface area contributed by atoms with Crippen molar-refractivity contribution in [3.05, 3.63) is 96.1 Å². The Balaban J connectivity index is 0.936. The van der Waals surface area contributed by atoms with Crippen LogP contribution in [0, 0.1) is 0 Å². The number of hydrogen-bond acceptors (Lipinski definition) is 18. The van der Waals surface area contributed by atoms with Gasteiger partial charge in [0.15, 0.2) is 11.5 Å². The molecular weight excluding hydrogens is 913 g/mol. The van der Waals surface area contributed by atoms with Crippen LogP contribution in [0.5, 0.6) is 11.5 Å². The Morgan fingerprint density at radius 1 is 0.171 bits per heavy atom. The maximum Gasteiger partial charge on any atom is 0.161 e. The topological polar surface area (TPSA) is 166 Å². The van der Waals surface area contributed by atoms with E-state index in [4.69, 9.17) is 85.3 Å². The van der Waals surface area contributed by atoms with Gasteiger partial charge >= 0.3 is 0 Å². The second kappa shape index (κ2) is 49.2. The zero-order valence-corrected chi connectivity index (χ0v) is 41.5. The molecule has 0 saturated heterocycles. The van der Waals surface area contributed by atoms with Gasteiger partial charge in [0.1, 0.15) is 13.2 Å². The lowest BCUT2D eigenvalue weighted by Gasteiger charge is -2.13. The molecule has 0 aliphatic rings. The zero-order chi connectivity index (χ0) is 49.0. The Morgan fingerprint density at radius 3 is 0.557 bits per heavy atom. The Hall–Kier alpha value is -3.38. The summed E-state index contributed by atoms with van der Waals surface area (Å²) in [6.45, 7) is 16.8. The van der Waals surface area contributed by atoms with Crippen molar-refractivity contribution in [2.45, 2.75) is 13.2 Å². The van der Waals surface area contributed by atoms with Crippen molar-refractivity contribution in [1.82, 2.24) is 0 Å². The van der Waals surface area contributed by atoms with Gasteiger partial charge in [-0.25, -0.2) is 0 Å². The number of ether oxygens (including phenoxy) is 18. The van der Waals surface area contributed by atoms with Gasteiger partial charge in [0.25, 0.3) is 0 Å². The Morgan fingerprint density at radius 2 is 0.343 bits per heavy atom. The molecule has 0 bridgehead atoms. The molecule has 18 nitrogen and oxygen atoms in total. The van der Waals surface area contributed by atoms with Gasteiger partial charge in [-0.05, 0) is 23.3 Å². The van der Waals surface area contributed by atoms with Crippen LogP contribution in [0.1, 0.15) is 11.1 Å². The first-order valence-corrected chi connectivity index (χ1v) is 24.6. The molecule has 18 heteroatoms. The summed E-state index contributed by atoms with van der Waals surface area (Å²) in [7, 11) is 0. The summed E-state index contributed by atoms with van der Waals surface area (Å²) in [4.78, 5) is 0. The van der Waals surface area contributed by atoms with Crippen LogP contribution in [-0.2, 0) is 89.0 Å². The normalized spacial score (nSPS) is 11.4. The second-order valence-electron chi connectivity index (χ2n) is 14.8. The van der Waals surface area contributed by atoms with Crippen molar-refractivity contribution >= 4 is 0 Å². The van der Waals surface area contributed by atoms with E-state index in [1.165, 1.54) is 0 Å². The fourth-order valence-corrected chi connectivity index (χ4v) is 5.72. The molecule has 0 radical (unpaired) electrons. The van der Waals surface area contributed by atoms with Crippen molar-refractivity contribution < 1.29 is 85.3 Å². The van der Waals surface area contributed by atoms with E-state index in [0.717, 1.165) is 11.1 Å². The van der Waals surface area contributed by atoms with E-state index < -0.39 is 0 Å². The molecule has 0 atom stereocenters. The maximum atomic E-state index is 5.87. The summed E-state index contributed by atoms with van der Waals surface area (Å²) in [5.41, 5.74) is 2.31. The first kappa shape index (κ1) is 60.9. The molecule has 0 spiro atoms. The van der Waals surface area contributed by atoms with E-state index >= 15 is 0 Å². The molecule has 3 aromatic carbocycles. The molecule has 0 amide bonds. The van der Waals surface area contributed by atoms with E-state index in [-0.39, 0.29) is 0 Å². The average Bonchev–Trinajstić information content (AvgIpc) is 3.39. The predicted molar refractivity (Wildman–Crippen MR) is 261 cm³/mol. The fourth-order valence-electron chi connectivity index (χ4n) is 5.72. The van der Waals surface area contributed by atoms with E-state index in [1.807, 2.05) is 84.9 Å². The highest BCUT2D eigenvalue weighted by Gasteiger charge is 2.05. The summed E-state index contributed by atoms with van der Waals surface area (Å²) >= 11 is 0. The maximum absolute atomic E-state index is 5.87. The van der Waals surface area contributed by atoms with Gasteiger partial charge in [0, 0.05) is 0 Å². The molecule has 3 rings (SSSR count). The highest BCUT2D eigenvalue weighted by molar-refractivity contribution is 5.39. The largest absolute Gasteiger partial charge is 0.487 e. The zero-order valence-electron chi connectivity index (χ0n) is 41.5. The predicted octanol–water partition coefficient (Wildman–Crippen LogP) is 5.11. The Kier molecular flexibility index (Phi) is 42.8. The van der Waals surface area contributed by atoms with Crippen molar-refractivity contribution in [2.75, 3.05) is 211 Å². The molecule has 70 heavy (non-hydrogen) atoms. The molecule has 0 heterocycles. The van der Waals surface area contributed by atoms with Gasteiger partial charge in [0.2, 0.25) is 0 Å². The van der Waals surface area contributed by atoms with Crippen LogP contribution in [0.4, 0.5) is 0 Å². The highest BCUT2D eigenvalue weighted by atomic mass is 16.6. The van der Waals surface area contributed by atoms with E-state index in [1.54, 1.807) is 0 Å². The van der Waals surface area contributed by atoms with E-state index in [9.17, 15) is 0 Å². The van der Waals surface area contributed by atoms with Gasteiger partial charge < -0.3 is 85.3 Å². The second-order valence-corrected chi connectivity index (χ2v) is 14.8. The van der Waals surface area contributed by atoms with Gasteiger partial charge in [-0.15, -0.1) is 0 Å². The lowest BCUT2D eigenvalue weighted by molar-refractivity contribution is -0.0242. The quantitative estimate of drug-likeness (QED) is 0.0685. The molecule has 3 aromatic rings. The van der Waals surface area contributed by atoms with Crippen LogP contribution < -0.4 is 9.47 Å². The molecule has 0 N–H and O–H groups in total.